The summed E-state index contributed by atoms with van der Waals surface area (Å²) in [6.07, 6.45) is 0.741. The average Bonchev–Trinajstić information content (AvgIpc) is 2.88. The van der Waals surface area contributed by atoms with E-state index < -0.39 is 0 Å². The molecule has 0 unspecified atom stereocenters. The van der Waals surface area contributed by atoms with Crippen LogP contribution in [0.15, 0.2) is 57.8 Å². The smallest absolute Gasteiger partial charge is 0.329 e. The number of nitrogens with one attached hydrogen (secondary N) is 1. The maximum Gasteiger partial charge on any atom is 0.329 e. The first-order valence-corrected chi connectivity index (χ1v) is 9.50. The molecule has 0 bridgehead atoms. The van der Waals surface area contributed by atoms with Crippen LogP contribution < -0.4 is 11.0 Å². The molecular weight excluding hydrogens is 394 g/mol. The van der Waals surface area contributed by atoms with Crippen molar-refractivity contribution in [3.8, 4) is 0 Å². The van der Waals surface area contributed by atoms with Crippen molar-refractivity contribution in [1.82, 2.24) is 14.5 Å². The number of carbonyl (C=O) groups excluding carboxylic acids is 1. The second-order valence-electron chi connectivity index (χ2n) is 6.40. The molecular formula is C20H22BrN3O2. The lowest BCUT2D eigenvalue weighted by atomic mass is 10.1. The molecule has 26 heavy (non-hydrogen) atoms. The van der Waals surface area contributed by atoms with E-state index in [0.717, 1.165) is 27.5 Å². The lowest BCUT2D eigenvalue weighted by molar-refractivity contribution is -0.122. The van der Waals surface area contributed by atoms with E-state index in [0.29, 0.717) is 6.54 Å². The molecule has 1 atom stereocenters. The molecule has 1 N–H and O–H groups in total. The standard InChI is InChI=1S/C20H22BrN3O2/c1-3-23-17-6-4-5-7-18(17)24(20(23)26)13-19(25)22-14(2)12-15-8-10-16(21)11-9-15/h4-11,14H,3,12-13H2,1-2H3,(H,22,25)/t14-/m0/s1. The van der Waals surface area contributed by atoms with Crippen LogP contribution in [-0.2, 0) is 24.3 Å². The molecule has 0 saturated carbocycles. The summed E-state index contributed by atoms with van der Waals surface area (Å²) in [5.74, 6) is -0.157. The molecule has 6 heteroatoms. The third-order valence-corrected chi connectivity index (χ3v) is 4.93. The minimum absolute atomic E-state index is 0.0149. The third kappa shape index (κ3) is 3.90. The average molecular weight is 416 g/mol. The van der Waals surface area contributed by atoms with E-state index in [4.69, 9.17) is 0 Å². The Morgan fingerprint density at radius 3 is 2.31 bits per heavy atom. The number of nitrogens with zero attached hydrogens (tertiary/aromatic N) is 2. The van der Waals surface area contributed by atoms with Crippen LogP contribution in [0.5, 0.6) is 0 Å². The highest BCUT2D eigenvalue weighted by Gasteiger charge is 2.15. The van der Waals surface area contributed by atoms with Gasteiger partial charge in [0, 0.05) is 17.1 Å². The number of carbonyl (C=O) groups is 1. The number of benzene rings is 2. The van der Waals surface area contributed by atoms with Gasteiger partial charge < -0.3 is 5.32 Å². The van der Waals surface area contributed by atoms with Crippen LogP contribution in [0, 0.1) is 0 Å². The molecule has 1 aromatic heterocycles. The summed E-state index contributed by atoms with van der Waals surface area (Å²) < 4.78 is 4.26. The predicted octanol–water partition coefficient (Wildman–Crippen LogP) is 3.33. The summed E-state index contributed by atoms with van der Waals surface area (Å²) in [6, 6.07) is 15.6. The molecule has 1 heterocycles. The zero-order valence-corrected chi connectivity index (χ0v) is 16.5. The first kappa shape index (κ1) is 18.5. The fourth-order valence-electron chi connectivity index (χ4n) is 3.22. The van der Waals surface area contributed by atoms with Gasteiger partial charge >= 0.3 is 5.69 Å². The summed E-state index contributed by atoms with van der Waals surface area (Å²) in [6.45, 7) is 4.50. The molecule has 2 aromatic carbocycles. The van der Waals surface area contributed by atoms with Crippen LogP contribution in [0.1, 0.15) is 19.4 Å². The quantitative estimate of drug-likeness (QED) is 0.670. The molecule has 0 radical (unpaired) electrons. The molecule has 136 valence electrons. The molecule has 5 nitrogen and oxygen atoms in total. The normalized spacial score (nSPS) is 12.3. The maximum absolute atomic E-state index is 12.6. The number of halogens is 1. The maximum atomic E-state index is 12.6. The Bertz CT molecular complexity index is 973. The summed E-state index contributed by atoms with van der Waals surface area (Å²) >= 11 is 3.42. The van der Waals surface area contributed by atoms with Crippen LogP contribution >= 0.6 is 15.9 Å². The molecule has 0 aliphatic carbocycles. The molecule has 3 rings (SSSR count). The van der Waals surface area contributed by atoms with Gasteiger partial charge in [0.05, 0.1) is 11.0 Å². The van der Waals surface area contributed by atoms with Crippen LogP contribution in [-0.4, -0.2) is 21.1 Å². The van der Waals surface area contributed by atoms with Crippen molar-refractivity contribution < 1.29 is 4.79 Å². The van der Waals surface area contributed by atoms with Crippen molar-refractivity contribution in [2.45, 2.75) is 39.4 Å². The largest absolute Gasteiger partial charge is 0.352 e. The van der Waals surface area contributed by atoms with E-state index in [1.165, 1.54) is 0 Å². The number of fused-ring (bicyclic) bond motifs is 1. The van der Waals surface area contributed by atoms with Crippen LogP contribution in [0.3, 0.4) is 0 Å². The predicted molar refractivity (Wildman–Crippen MR) is 107 cm³/mol. The first-order valence-electron chi connectivity index (χ1n) is 8.71. The van der Waals surface area contributed by atoms with E-state index in [2.05, 4.69) is 21.2 Å². The molecule has 1 amide bonds. The summed E-state index contributed by atoms with van der Waals surface area (Å²) in [5.41, 5.74) is 2.65. The fourth-order valence-corrected chi connectivity index (χ4v) is 3.48. The molecule has 0 saturated heterocycles. The van der Waals surface area contributed by atoms with Gasteiger partial charge in [0.2, 0.25) is 5.91 Å². The number of imidazole rings is 1. The molecule has 0 fully saturated rings. The monoisotopic (exact) mass is 415 g/mol. The molecule has 3 aromatic rings. The second kappa shape index (κ2) is 7.91. The van der Waals surface area contributed by atoms with Crippen molar-refractivity contribution in [1.29, 1.82) is 0 Å². The van der Waals surface area contributed by atoms with Crippen molar-refractivity contribution in [2.75, 3.05) is 0 Å². The lowest BCUT2D eigenvalue weighted by Gasteiger charge is -2.14. The van der Waals surface area contributed by atoms with Gasteiger partial charge in [-0.15, -0.1) is 0 Å². The topological polar surface area (TPSA) is 56.0 Å². The molecule has 0 spiro atoms. The summed E-state index contributed by atoms with van der Waals surface area (Å²) in [7, 11) is 0. The zero-order valence-electron chi connectivity index (χ0n) is 14.9. The number of hydrogen-bond donors (Lipinski definition) is 1. The number of para-hydroxylation sites is 2. The van der Waals surface area contributed by atoms with Crippen LogP contribution in [0.4, 0.5) is 0 Å². The Kier molecular flexibility index (Phi) is 5.61. The van der Waals surface area contributed by atoms with Crippen molar-refractivity contribution >= 4 is 32.9 Å². The number of hydrogen-bond acceptors (Lipinski definition) is 2. The van der Waals surface area contributed by atoms with Gasteiger partial charge in [-0.3, -0.25) is 13.9 Å². The molecule has 0 aliphatic heterocycles. The Hall–Kier alpha value is -2.34. The Labute approximate surface area is 160 Å². The highest BCUT2D eigenvalue weighted by molar-refractivity contribution is 9.10. The first-order chi connectivity index (χ1) is 12.5. The van der Waals surface area contributed by atoms with E-state index in [-0.39, 0.29) is 24.2 Å². The van der Waals surface area contributed by atoms with Crippen LogP contribution in [0.25, 0.3) is 11.0 Å². The van der Waals surface area contributed by atoms with E-state index >= 15 is 0 Å². The van der Waals surface area contributed by atoms with Gasteiger partial charge in [-0.1, -0.05) is 40.2 Å². The Balaban J connectivity index is 1.72. The van der Waals surface area contributed by atoms with Crippen molar-refractivity contribution in [3.05, 3.63) is 69.1 Å². The van der Waals surface area contributed by atoms with E-state index in [1.807, 2.05) is 62.4 Å². The summed E-state index contributed by atoms with van der Waals surface area (Å²) in [5, 5.41) is 2.99. The number of rotatable bonds is 6. The lowest BCUT2D eigenvalue weighted by Crippen LogP contribution is -2.38. The van der Waals surface area contributed by atoms with Crippen molar-refractivity contribution in [3.63, 3.8) is 0 Å². The number of amides is 1. The van der Waals surface area contributed by atoms with Gasteiger partial charge in [-0.2, -0.15) is 0 Å². The van der Waals surface area contributed by atoms with Gasteiger partial charge in [-0.25, -0.2) is 4.79 Å². The van der Waals surface area contributed by atoms with Crippen molar-refractivity contribution in [2.24, 2.45) is 0 Å². The van der Waals surface area contributed by atoms with Gasteiger partial charge in [0.1, 0.15) is 6.54 Å². The minimum Gasteiger partial charge on any atom is -0.352 e. The van der Waals surface area contributed by atoms with E-state index in [1.54, 1.807) is 9.13 Å². The minimum atomic E-state index is -0.157. The number of aromatic nitrogens is 2. The summed E-state index contributed by atoms with van der Waals surface area (Å²) in [4.78, 5) is 25.1. The SMILES string of the molecule is CCn1c(=O)n(CC(=O)N[C@@H](C)Cc2ccc(Br)cc2)c2ccccc21. The Morgan fingerprint density at radius 1 is 1.08 bits per heavy atom. The third-order valence-electron chi connectivity index (χ3n) is 4.41. The number of aryl methyl sites for hydroxylation is 1. The highest BCUT2D eigenvalue weighted by Crippen LogP contribution is 2.13. The zero-order chi connectivity index (χ0) is 18.7. The molecule has 0 aliphatic rings. The van der Waals surface area contributed by atoms with Gasteiger partial charge in [0.25, 0.3) is 0 Å². The van der Waals surface area contributed by atoms with Gasteiger partial charge in [-0.05, 0) is 50.1 Å². The second-order valence-corrected chi connectivity index (χ2v) is 7.32. The van der Waals surface area contributed by atoms with E-state index in [9.17, 15) is 9.59 Å². The van der Waals surface area contributed by atoms with Crippen LogP contribution in [0.2, 0.25) is 0 Å². The Morgan fingerprint density at radius 2 is 1.69 bits per heavy atom. The fraction of sp³-hybridized carbons (Fsp3) is 0.300. The highest BCUT2D eigenvalue weighted by atomic mass is 79.9. The van der Waals surface area contributed by atoms with Gasteiger partial charge in [0.15, 0.2) is 0 Å².